The number of hydrogen-bond donors (Lipinski definition) is 1. The van der Waals surface area contributed by atoms with E-state index in [1.807, 2.05) is 0 Å². The Morgan fingerprint density at radius 2 is 1.94 bits per heavy atom. The van der Waals surface area contributed by atoms with E-state index in [1.54, 1.807) is 0 Å². The molecule has 0 aliphatic heterocycles. The molecule has 0 atom stereocenters. The highest BCUT2D eigenvalue weighted by atomic mass is 35.5. The van der Waals surface area contributed by atoms with Crippen LogP contribution in [0.1, 0.15) is 5.56 Å². The number of nitrogens with one attached hydrogen (secondary N) is 1. The van der Waals surface area contributed by atoms with Gasteiger partial charge in [-0.1, -0.05) is 6.07 Å². The van der Waals surface area contributed by atoms with E-state index in [1.165, 1.54) is 0 Å². The molecule has 8 heteroatoms. The van der Waals surface area contributed by atoms with E-state index < -0.39 is 26.7 Å². The van der Waals surface area contributed by atoms with Crippen LogP contribution in [-0.4, -0.2) is 20.8 Å². The van der Waals surface area contributed by atoms with Gasteiger partial charge in [0.05, 0.1) is 10.5 Å². The second-order valence-corrected chi connectivity index (χ2v) is 5.26. The van der Waals surface area contributed by atoms with Gasteiger partial charge in [0, 0.05) is 12.4 Å². The van der Waals surface area contributed by atoms with Crippen molar-refractivity contribution < 1.29 is 21.6 Å². The Bertz CT molecular complexity index is 487. The first-order chi connectivity index (χ1) is 7.77. The molecule has 0 bridgehead atoms. The van der Waals surface area contributed by atoms with Crippen LogP contribution in [0.15, 0.2) is 29.2 Å². The van der Waals surface area contributed by atoms with Crippen LogP contribution in [0.2, 0.25) is 0 Å². The van der Waals surface area contributed by atoms with Crippen molar-refractivity contribution in [3.63, 3.8) is 0 Å². The van der Waals surface area contributed by atoms with Crippen LogP contribution in [-0.2, 0) is 16.2 Å². The van der Waals surface area contributed by atoms with Gasteiger partial charge in [-0.25, -0.2) is 13.1 Å². The summed E-state index contributed by atoms with van der Waals surface area (Å²) in [6.07, 6.45) is -4.57. The number of halogens is 4. The maximum atomic E-state index is 12.4. The van der Waals surface area contributed by atoms with E-state index in [2.05, 4.69) is 4.72 Å². The topological polar surface area (TPSA) is 46.2 Å². The van der Waals surface area contributed by atoms with Gasteiger partial charge in [-0.3, -0.25) is 0 Å². The average molecular weight is 288 g/mol. The monoisotopic (exact) mass is 287 g/mol. The fourth-order valence-corrected chi connectivity index (χ4v) is 2.38. The lowest BCUT2D eigenvalue weighted by Crippen LogP contribution is -2.25. The molecule has 0 unspecified atom stereocenters. The third kappa shape index (κ3) is 3.86. The molecule has 1 N–H and O–H groups in total. The molecule has 0 heterocycles. The van der Waals surface area contributed by atoms with E-state index >= 15 is 0 Å². The number of rotatable bonds is 4. The van der Waals surface area contributed by atoms with Crippen LogP contribution in [0.4, 0.5) is 13.2 Å². The minimum Gasteiger partial charge on any atom is -0.210 e. The Balaban J connectivity index is 3.08. The fraction of sp³-hybridized carbons (Fsp3) is 0.333. The molecule has 0 spiro atoms. The largest absolute Gasteiger partial charge is 0.416 e. The molecule has 1 aromatic rings. The molecule has 0 fully saturated rings. The maximum absolute atomic E-state index is 12.4. The van der Waals surface area contributed by atoms with Gasteiger partial charge in [-0.2, -0.15) is 13.2 Å². The van der Waals surface area contributed by atoms with Crippen molar-refractivity contribution in [1.29, 1.82) is 0 Å². The molecular formula is C9H9ClF3NO2S. The van der Waals surface area contributed by atoms with Crippen LogP contribution in [0, 0.1) is 0 Å². The Hall–Kier alpha value is -0.790. The predicted octanol–water partition coefficient (Wildman–Crippen LogP) is 2.22. The number of hydrogen-bond acceptors (Lipinski definition) is 2. The maximum Gasteiger partial charge on any atom is 0.416 e. The minimum atomic E-state index is -4.57. The van der Waals surface area contributed by atoms with Gasteiger partial charge in [0.2, 0.25) is 10.0 Å². The van der Waals surface area contributed by atoms with E-state index in [0.29, 0.717) is 6.07 Å². The van der Waals surface area contributed by atoms with Gasteiger partial charge in [0.1, 0.15) is 0 Å². The summed E-state index contributed by atoms with van der Waals surface area (Å²) in [5, 5.41) is 0. The SMILES string of the molecule is O=S(=O)(NCCCl)c1cccc(C(F)(F)F)c1. The summed E-state index contributed by atoms with van der Waals surface area (Å²) < 4.78 is 62.3. The Labute approximate surface area is 102 Å². The molecular weight excluding hydrogens is 279 g/mol. The van der Waals surface area contributed by atoms with E-state index in [4.69, 9.17) is 11.6 Å². The molecule has 0 aliphatic carbocycles. The molecule has 1 aromatic carbocycles. The number of sulfonamides is 1. The smallest absolute Gasteiger partial charge is 0.210 e. The van der Waals surface area contributed by atoms with E-state index in [0.717, 1.165) is 18.2 Å². The second kappa shape index (κ2) is 5.24. The first-order valence-corrected chi connectivity index (χ1v) is 6.52. The Kier molecular flexibility index (Phi) is 4.40. The summed E-state index contributed by atoms with van der Waals surface area (Å²) in [6.45, 7) is -0.0415. The van der Waals surface area contributed by atoms with Crippen molar-refractivity contribution in [3.8, 4) is 0 Å². The molecule has 0 radical (unpaired) electrons. The normalized spacial score (nSPS) is 12.7. The van der Waals surface area contributed by atoms with Crippen LogP contribution in [0.25, 0.3) is 0 Å². The first-order valence-electron chi connectivity index (χ1n) is 4.50. The number of benzene rings is 1. The Morgan fingerprint density at radius 3 is 2.47 bits per heavy atom. The first kappa shape index (κ1) is 14.3. The summed E-state index contributed by atoms with van der Waals surface area (Å²) in [5.41, 5.74) is -1.01. The summed E-state index contributed by atoms with van der Waals surface area (Å²) in [7, 11) is -3.94. The van der Waals surface area contributed by atoms with Gasteiger partial charge in [-0.05, 0) is 18.2 Å². The van der Waals surface area contributed by atoms with Crippen LogP contribution in [0.3, 0.4) is 0 Å². The van der Waals surface area contributed by atoms with E-state index in [9.17, 15) is 21.6 Å². The zero-order valence-electron chi connectivity index (χ0n) is 8.46. The van der Waals surface area contributed by atoms with E-state index in [-0.39, 0.29) is 12.4 Å². The Morgan fingerprint density at radius 1 is 1.29 bits per heavy atom. The molecule has 1 rings (SSSR count). The third-order valence-electron chi connectivity index (χ3n) is 1.86. The van der Waals surface area contributed by atoms with Crippen molar-refractivity contribution in [1.82, 2.24) is 4.72 Å². The van der Waals surface area contributed by atoms with Crippen molar-refractivity contribution in [2.45, 2.75) is 11.1 Å². The molecule has 0 amide bonds. The molecule has 17 heavy (non-hydrogen) atoms. The molecule has 3 nitrogen and oxygen atoms in total. The second-order valence-electron chi connectivity index (χ2n) is 3.11. The van der Waals surface area contributed by atoms with Crippen LogP contribution >= 0.6 is 11.6 Å². The summed E-state index contributed by atoms with van der Waals surface area (Å²) in [5.74, 6) is 0.0399. The van der Waals surface area contributed by atoms with Crippen LogP contribution in [0.5, 0.6) is 0 Å². The number of alkyl halides is 4. The summed E-state index contributed by atoms with van der Waals surface area (Å²) in [6, 6.07) is 3.51. The molecule has 0 aliphatic rings. The highest BCUT2D eigenvalue weighted by Gasteiger charge is 2.31. The van der Waals surface area contributed by atoms with Gasteiger partial charge >= 0.3 is 6.18 Å². The van der Waals surface area contributed by atoms with Crippen LogP contribution < -0.4 is 4.72 Å². The lowest BCUT2D eigenvalue weighted by atomic mass is 10.2. The van der Waals surface area contributed by atoms with Gasteiger partial charge in [0.25, 0.3) is 0 Å². The van der Waals surface area contributed by atoms with Crippen molar-refractivity contribution in [2.24, 2.45) is 0 Å². The minimum absolute atomic E-state index is 0.0399. The zero-order chi connectivity index (χ0) is 13.1. The molecule has 0 aromatic heterocycles. The molecule has 0 saturated heterocycles. The highest BCUT2D eigenvalue weighted by Crippen LogP contribution is 2.30. The average Bonchev–Trinajstić information content (AvgIpc) is 2.25. The summed E-state index contributed by atoms with van der Waals surface area (Å²) >= 11 is 5.29. The molecule has 96 valence electrons. The van der Waals surface area contributed by atoms with Crippen molar-refractivity contribution in [2.75, 3.05) is 12.4 Å². The quantitative estimate of drug-likeness (QED) is 0.863. The highest BCUT2D eigenvalue weighted by molar-refractivity contribution is 7.89. The van der Waals surface area contributed by atoms with Gasteiger partial charge < -0.3 is 0 Å². The standard InChI is InChI=1S/C9H9ClF3NO2S/c10-4-5-14-17(15,16)8-3-1-2-7(6-8)9(11,12)13/h1-3,6,14H,4-5H2. The summed E-state index contributed by atoms with van der Waals surface area (Å²) in [4.78, 5) is -0.433. The van der Waals surface area contributed by atoms with Gasteiger partial charge in [0.15, 0.2) is 0 Å². The van der Waals surface area contributed by atoms with Gasteiger partial charge in [-0.15, -0.1) is 11.6 Å². The lowest BCUT2D eigenvalue weighted by Gasteiger charge is -2.09. The lowest BCUT2D eigenvalue weighted by molar-refractivity contribution is -0.137. The third-order valence-corrected chi connectivity index (χ3v) is 3.51. The van der Waals surface area contributed by atoms with Crippen molar-refractivity contribution >= 4 is 21.6 Å². The fourth-order valence-electron chi connectivity index (χ4n) is 1.10. The van der Waals surface area contributed by atoms with Crippen molar-refractivity contribution in [3.05, 3.63) is 29.8 Å². The zero-order valence-corrected chi connectivity index (χ0v) is 10.0. The molecule has 0 saturated carbocycles. The predicted molar refractivity (Wildman–Crippen MR) is 57.4 cm³/mol.